The summed E-state index contributed by atoms with van der Waals surface area (Å²) in [5.74, 6) is -1.09. The predicted octanol–water partition coefficient (Wildman–Crippen LogP) is 3.23. The number of carbonyl (C=O) groups is 2. The summed E-state index contributed by atoms with van der Waals surface area (Å²) in [5.41, 5.74) is 3.85. The Labute approximate surface area is 141 Å². The van der Waals surface area contributed by atoms with Crippen LogP contribution in [-0.4, -0.2) is 23.2 Å². The summed E-state index contributed by atoms with van der Waals surface area (Å²) in [4.78, 5) is 23.3. The van der Waals surface area contributed by atoms with E-state index in [0.717, 1.165) is 22.3 Å². The Morgan fingerprint density at radius 1 is 1.08 bits per heavy atom. The molecule has 0 aromatic heterocycles. The second-order valence-electron chi connectivity index (χ2n) is 5.66. The zero-order valence-electron chi connectivity index (χ0n) is 13.8. The van der Waals surface area contributed by atoms with E-state index in [4.69, 9.17) is 4.74 Å². The lowest BCUT2D eigenvalue weighted by atomic mass is 9.98. The van der Waals surface area contributed by atoms with E-state index in [1.807, 2.05) is 62.4 Å². The number of aryl methyl sites for hydroxylation is 1. The number of rotatable bonds is 6. The number of hydrogen-bond acceptors (Lipinski definition) is 3. The maximum absolute atomic E-state index is 11.9. The highest BCUT2D eigenvalue weighted by atomic mass is 16.5. The third-order valence-corrected chi connectivity index (χ3v) is 3.94. The summed E-state index contributed by atoms with van der Waals surface area (Å²) in [6.07, 6.45) is -0.528. The smallest absolute Gasteiger partial charge is 0.408 e. The molecule has 1 amide bonds. The van der Waals surface area contributed by atoms with Gasteiger partial charge in [-0.3, -0.25) is 0 Å². The van der Waals surface area contributed by atoms with Crippen molar-refractivity contribution < 1.29 is 19.4 Å². The lowest BCUT2D eigenvalue weighted by Crippen LogP contribution is -2.42. The summed E-state index contributed by atoms with van der Waals surface area (Å²) in [7, 11) is 0. The number of carboxylic acid groups (broad SMARTS) is 1. The molecule has 2 aromatic carbocycles. The van der Waals surface area contributed by atoms with Crippen LogP contribution in [-0.2, 0) is 22.6 Å². The van der Waals surface area contributed by atoms with Crippen LogP contribution in [0.3, 0.4) is 0 Å². The van der Waals surface area contributed by atoms with E-state index in [1.165, 1.54) is 0 Å². The second kappa shape index (κ2) is 8.15. The zero-order chi connectivity index (χ0) is 17.5. The monoisotopic (exact) mass is 327 g/mol. The minimum absolute atomic E-state index is 0.0997. The van der Waals surface area contributed by atoms with Crippen LogP contribution in [0.25, 0.3) is 0 Å². The first-order valence-corrected chi connectivity index (χ1v) is 7.72. The largest absolute Gasteiger partial charge is 0.480 e. The van der Waals surface area contributed by atoms with Crippen molar-refractivity contribution in [3.05, 3.63) is 70.8 Å². The van der Waals surface area contributed by atoms with Gasteiger partial charge in [0.2, 0.25) is 0 Å². The third-order valence-electron chi connectivity index (χ3n) is 3.94. The number of nitrogens with one attached hydrogen (secondary N) is 1. The van der Waals surface area contributed by atoms with Crippen LogP contribution < -0.4 is 5.32 Å². The van der Waals surface area contributed by atoms with Gasteiger partial charge < -0.3 is 15.2 Å². The van der Waals surface area contributed by atoms with Gasteiger partial charge in [0.1, 0.15) is 12.6 Å². The fourth-order valence-corrected chi connectivity index (χ4v) is 2.36. The molecule has 0 fully saturated rings. The van der Waals surface area contributed by atoms with Gasteiger partial charge in [-0.25, -0.2) is 9.59 Å². The molecule has 0 bridgehead atoms. The van der Waals surface area contributed by atoms with E-state index < -0.39 is 18.1 Å². The highest BCUT2D eigenvalue weighted by Crippen LogP contribution is 2.15. The van der Waals surface area contributed by atoms with Crippen LogP contribution in [0.4, 0.5) is 4.79 Å². The second-order valence-corrected chi connectivity index (χ2v) is 5.66. The minimum atomic E-state index is -1.09. The van der Waals surface area contributed by atoms with E-state index in [1.54, 1.807) is 0 Å². The average Bonchev–Trinajstić information content (AvgIpc) is 2.57. The van der Waals surface area contributed by atoms with Crippen molar-refractivity contribution in [3.8, 4) is 0 Å². The summed E-state index contributed by atoms with van der Waals surface area (Å²) >= 11 is 0. The molecule has 1 atom stereocenters. The highest BCUT2D eigenvalue weighted by molar-refractivity contribution is 5.80. The van der Waals surface area contributed by atoms with Crippen molar-refractivity contribution in [2.45, 2.75) is 32.9 Å². The molecule has 0 aliphatic heterocycles. The first kappa shape index (κ1) is 17.5. The summed E-state index contributed by atoms with van der Waals surface area (Å²) in [6.45, 7) is 4.01. The molecule has 0 aliphatic rings. The number of benzene rings is 2. The third kappa shape index (κ3) is 4.84. The Kier molecular flexibility index (Phi) is 5.95. The lowest BCUT2D eigenvalue weighted by molar-refractivity contribution is -0.139. The van der Waals surface area contributed by atoms with E-state index in [0.29, 0.717) is 0 Å². The van der Waals surface area contributed by atoms with Gasteiger partial charge in [0, 0.05) is 6.42 Å². The number of alkyl carbamates (subject to hydrolysis) is 1. The molecule has 0 saturated carbocycles. The molecule has 126 valence electrons. The van der Waals surface area contributed by atoms with E-state index in [2.05, 4.69) is 5.32 Å². The molecule has 5 nitrogen and oxygen atoms in total. The Bertz CT molecular complexity index is 713. The molecular formula is C19H21NO4. The molecule has 0 saturated heterocycles. The summed E-state index contributed by atoms with van der Waals surface area (Å²) in [5, 5.41) is 11.8. The zero-order valence-corrected chi connectivity index (χ0v) is 13.8. The summed E-state index contributed by atoms with van der Waals surface area (Å²) in [6, 6.07) is 13.9. The average molecular weight is 327 g/mol. The van der Waals surface area contributed by atoms with Crippen molar-refractivity contribution in [2.75, 3.05) is 0 Å². The molecule has 0 radical (unpaired) electrons. The molecule has 2 aromatic rings. The maximum Gasteiger partial charge on any atom is 0.408 e. The van der Waals surface area contributed by atoms with Gasteiger partial charge in [-0.15, -0.1) is 0 Å². The first-order chi connectivity index (χ1) is 11.5. The van der Waals surface area contributed by atoms with Crippen LogP contribution in [0.15, 0.2) is 48.5 Å². The van der Waals surface area contributed by atoms with Gasteiger partial charge in [-0.05, 0) is 36.1 Å². The number of ether oxygens (including phenoxy) is 1. The van der Waals surface area contributed by atoms with Crippen molar-refractivity contribution in [1.29, 1.82) is 0 Å². The van der Waals surface area contributed by atoms with Crippen molar-refractivity contribution >= 4 is 12.1 Å². The fraction of sp³-hybridized carbons (Fsp3) is 0.263. The normalized spacial score (nSPS) is 11.6. The van der Waals surface area contributed by atoms with Crippen LogP contribution >= 0.6 is 0 Å². The number of carbonyl (C=O) groups excluding carboxylic acids is 1. The Morgan fingerprint density at radius 2 is 1.79 bits per heavy atom. The Hall–Kier alpha value is -2.82. The quantitative estimate of drug-likeness (QED) is 0.854. The van der Waals surface area contributed by atoms with Gasteiger partial charge in [0.25, 0.3) is 0 Å². The number of amides is 1. The molecule has 0 spiro atoms. The molecule has 2 rings (SSSR count). The Balaban J connectivity index is 1.96. The molecule has 5 heteroatoms. The van der Waals surface area contributed by atoms with Crippen LogP contribution in [0.2, 0.25) is 0 Å². The van der Waals surface area contributed by atoms with Crippen molar-refractivity contribution in [1.82, 2.24) is 5.32 Å². The molecular weight excluding hydrogens is 306 g/mol. The van der Waals surface area contributed by atoms with Crippen molar-refractivity contribution in [3.63, 3.8) is 0 Å². The molecule has 24 heavy (non-hydrogen) atoms. The number of carboxylic acids is 1. The van der Waals surface area contributed by atoms with Crippen LogP contribution in [0, 0.1) is 13.8 Å². The molecule has 0 aliphatic carbocycles. The highest BCUT2D eigenvalue weighted by Gasteiger charge is 2.22. The van der Waals surface area contributed by atoms with Crippen LogP contribution in [0.5, 0.6) is 0 Å². The van der Waals surface area contributed by atoms with Gasteiger partial charge in [-0.1, -0.05) is 48.5 Å². The lowest BCUT2D eigenvalue weighted by Gasteiger charge is -2.16. The van der Waals surface area contributed by atoms with Crippen LogP contribution in [0.1, 0.15) is 22.3 Å². The molecule has 0 unspecified atom stereocenters. The molecule has 0 heterocycles. The Morgan fingerprint density at radius 3 is 2.46 bits per heavy atom. The molecule has 2 N–H and O–H groups in total. The topological polar surface area (TPSA) is 75.6 Å². The van der Waals surface area contributed by atoms with Gasteiger partial charge in [0.15, 0.2) is 0 Å². The van der Waals surface area contributed by atoms with Gasteiger partial charge >= 0.3 is 12.1 Å². The number of hydrogen-bond donors (Lipinski definition) is 2. The maximum atomic E-state index is 11.9. The van der Waals surface area contributed by atoms with Crippen molar-refractivity contribution in [2.24, 2.45) is 0 Å². The minimum Gasteiger partial charge on any atom is -0.480 e. The predicted molar refractivity (Wildman–Crippen MR) is 90.8 cm³/mol. The fourth-order valence-electron chi connectivity index (χ4n) is 2.36. The van der Waals surface area contributed by atoms with E-state index in [-0.39, 0.29) is 13.0 Å². The first-order valence-electron chi connectivity index (χ1n) is 7.72. The standard InChI is InChI=1S/C19H21NO4/c1-13-7-6-10-16(14(13)2)11-17(18(21)22)20-19(23)24-12-15-8-4-3-5-9-15/h3-10,17H,11-12H2,1-2H3,(H,20,23)(H,21,22)/t17-/m1/s1. The summed E-state index contributed by atoms with van der Waals surface area (Å²) < 4.78 is 5.09. The van der Waals surface area contributed by atoms with Gasteiger partial charge in [-0.2, -0.15) is 0 Å². The van der Waals surface area contributed by atoms with E-state index >= 15 is 0 Å². The van der Waals surface area contributed by atoms with Gasteiger partial charge in [0.05, 0.1) is 0 Å². The SMILES string of the molecule is Cc1cccc(C[C@@H](NC(=O)OCc2ccccc2)C(=O)O)c1C. The van der Waals surface area contributed by atoms with E-state index in [9.17, 15) is 14.7 Å². The number of aliphatic carboxylic acids is 1.